The number of nitrogens with zero attached hydrogens (tertiary/aromatic N) is 1. The molecule has 33 heavy (non-hydrogen) atoms. The lowest BCUT2D eigenvalue weighted by Crippen LogP contribution is -2.46. The third-order valence-corrected chi connectivity index (χ3v) is 5.86. The maximum atomic E-state index is 13.3. The van der Waals surface area contributed by atoms with Gasteiger partial charge in [-0.1, -0.05) is 65.7 Å². The van der Waals surface area contributed by atoms with Crippen molar-refractivity contribution >= 4 is 40.8 Å². The highest BCUT2D eigenvalue weighted by Crippen LogP contribution is 2.37. The minimum absolute atomic E-state index is 0.0667. The van der Waals surface area contributed by atoms with Crippen LogP contribution in [-0.2, 0) is 17.4 Å². The first-order valence-electron chi connectivity index (χ1n) is 9.86. The Bertz CT molecular complexity index is 1220. The quantitative estimate of drug-likeness (QED) is 0.410. The SMILES string of the molecule is CC1(Cc2ccc(-c3ccccc3C(F)(F)F)cc2)NC(=O)N(c2cc(Cl)cc(Cl)c2)C1=O. The van der Waals surface area contributed by atoms with E-state index in [0.29, 0.717) is 11.1 Å². The summed E-state index contributed by atoms with van der Waals surface area (Å²) >= 11 is 12.0. The summed E-state index contributed by atoms with van der Waals surface area (Å²) < 4.78 is 40.0. The molecule has 3 aromatic rings. The molecule has 3 aromatic carbocycles. The number of benzene rings is 3. The minimum atomic E-state index is -4.48. The van der Waals surface area contributed by atoms with Crippen molar-refractivity contribution in [3.05, 3.63) is 87.9 Å². The first kappa shape index (κ1) is 23.1. The number of halogens is 5. The average Bonchev–Trinajstić information content (AvgIpc) is 2.95. The molecular weight excluding hydrogens is 476 g/mol. The van der Waals surface area contributed by atoms with E-state index in [1.165, 1.54) is 30.3 Å². The Morgan fingerprint density at radius 1 is 0.939 bits per heavy atom. The number of hydrogen-bond donors (Lipinski definition) is 1. The Kier molecular flexibility index (Phi) is 5.88. The smallest absolute Gasteiger partial charge is 0.323 e. The molecule has 0 saturated carbocycles. The van der Waals surface area contributed by atoms with Gasteiger partial charge < -0.3 is 5.32 Å². The van der Waals surface area contributed by atoms with Crippen LogP contribution in [0.3, 0.4) is 0 Å². The summed E-state index contributed by atoms with van der Waals surface area (Å²) in [6, 6.07) is 15.6. The standard InChI is InChI=1S/C24H17Cl2F3N2O2/c1-23(21(32)31(22(33)30-23)18-11-16(25)10-17(26)12-18)13-14-6-8-15(9-7-14)19-4-2-3-5-20(19)24(27,28)29/h2-12H,13H2,1H3,(H,30,33). The maximum Gasteiger partial charge on any atom is 0.417 e. The van der Waals surface area contributed by atoms with Gasteiger partial charge in [0.05, 0.1) is 11.3 Å². The Morgan fingerprint density at radius 2 is 1.55 bits per heavy atom. The third kappa shape index (κ3) is 4.56. The second-order valence-electron chi connectivity index (χ2n) is 7.95. The van der Waals surface area contributed by atoms with Crippen molar-refractivity contribution in [1.29, 1.82) is 0 Å². The molecule has 1 unspecified atom stereocenters. The summed E-state index contributed by atoms with van der Waals surface area (Å²) in [4.78, 5) is 26.7. The summed E-state index contributed by atoms with van der Waals surface area (Å²) in [6.45, 7) is 1.59. The van der Waals surface area contributed by atoms with Crippen LogP contribution in [0.1, 0.15) is 18.1 Å². The number of imide groups is 1. The van der Waals surface area contributed by atoms with Crippen LogP contribution in [0.15, 0.2) is 66.7 Å². The second-order valence-corrected chi connectivity index (χ2v) is 8.82. The summed E-state index contributed by atoms with van der Waals surface area (Å²) in [7, 11) is 0. The molecular formula is C24H17Cl2F3N2O2. The fourth-order valence-corrected chi connectivity index (χ4v) is 4.41. The van der Waals surface area contributed by atoms with Crippen LogP contribution in [0.4, 0.5) is 23.7 Å². The zero-order valence-corrected chi connectivity index (χ0v) is 18.7. The predicted octanol–water partition coefficient (Wildman–Crippen LogP) is 6.74. The summed E-state index contributed by atoms with van der Waals surface area (Å²) in [5.74, 6) is -0.489. The maximum absolute atomic E-state index is 13.3. The molecule has 0 radical (unpaired) electrons. The molecule has 1 heterocycles. The van der Waals surface area contributed by atoms with Crippen molar-refractivity contribution in [3.63, 3.8) is 0 Å². The number of carbonyl (C=O) groups is 2. The van der Waals surface area contributed by atoms with E-state index in [4.69, 9.17) is 23.2 Å². The lowest BCUT2D eigenvalue weighted by molar-refractivity contribution is -0.137. The van der Waals surface area contributed by atoms with E-state index in [1.54, 1.807) is 37.3 Å². The monoisotopic (exact) mass is 492 g/mol. The van der Waals surface area contributed by atoms with Gasteiger partial charge in [-0.15, -0.1) is 0 Å². The minimum Gasteiger partial charge on any atom is -0.323 e. The highest BCUT2D eigenvalue weighted by Gasteiger charge is 2.48. The zero-order valence-electron chi connectivity index (χ0n) is 17.2. The van der Waals surface area contributed by atoms with Gasteiger partial charge in [0.15, 0.2) is 0 Å². The first-order valence-corrected chi connectivity index (χ1v) is 10.6. The number of nitrogens with one attached hydrogen (secondary N) is 1. The van der Waals surface area contributed by atoms with Crippen molar-refractivity contribution in [2.24, 2.45) is 0 Å². The molecule has 9 heteroatoms. The Hall–Kier alpha value is -3.03. The summed E-state index contributed by atoms with van der Waals surface area (Å²) in [5.41, 5.74) is -0.593. The molecule has 0 spiro atoms. The van der Waals surface area contributed by atoms with Gasteiger partial charge in [-0.25, -0.2) is 9.69 Å². The van der Waals surface area contributed by atoms with Gasteiger partial charge in [0.25, 0.3) is 5.91 Å². The molecule has 1 aliphatic rings. The topological polar surface area (TPSA) is 49.4 Å². The average molecular weight is 493 g/mol. The number of anilines is 1. The van der Waals surface area contributed by atoms with Gasteiger partial charge in [0, 0.05) is 16.5 Å². The van der Waals surface area contributed by atoms with Crippen molar-refractivity contribution < 1.29 is 22.8 Å². The predicted molar refractivity (Wildman–Crippen MR) is 121 cm³/mol. The molecule has 0 aliphatic carbocycles. The molecule has 1 atom stereocenters. The number of alkyl halides is 3. The molecule has 0 bridgehead atoms. The van der Waals surface area contributed by atoms with Crippen molar-refractivity contribution in [2.45, 2.75) is 25.1 Å². The van der Waals surface area contributed by atoms with E-state index in [2.05, 4.69) is 5.32 Å². The van der Waals surface area contributed by atoms with E-state index in [1.807, 2.05) is 0 Å². The molecule has 170 valence electrons. The summed E-state index contributed by atoms with van der Waals surface area (Å²) in [5, 5.41) is 3.25. The van der Waals surface area contributed by atoms with Crippen LogP contribution in [0.2, 0.25) is 10.0 Å². The lowest BCUT2D eigenvalue weighted by Gasteiger charge is -2.22. The Labute approximate surface area is 197 Å². The van der Waals surface area contributed by atoms with Gasteiger partial charge in [0.1, 0.15) is 5.54 Å². The second kappa shape index (κ2) is 8.39. The fourth-order valence-electron chi connectivity index (χ4n) is 3.90. The van der Waals surface area contributed by atoms with Gasteiger partial charge >= 0.3 is 12.2 Å². The molecule has 1 N–H and O–H groups in total. The summed E-state index contributed by atoms with van der Waals surface area (Å²) in [6.07, 6.45) is -4.33. The van der Waals surface area contributed by atoms with Crippen LogP contribution in [0.5, 0.6) is 0 Å². The van der Waals surface area contributed by atoms with E-state index >= 15 is 0 Å². The van der Waals surface area contributed by atoms with E-state index in [-0.39, 0.29) is 27.7 Å². The van der Waals surface area contributed by atoms with Crippen LogP contribution in [-0.4, -0.2) is 17.5 Å². The van der Waals surface area contributed by atoms with Crippen LogP contribution < -0.4 is 10.2 Å². The van der Waals surface area contributed by atoms with Crippen LogP contribution in [0.25, 0.3) is 11.1 Å². The third-order valence-electron chi connectivity index (χ3n) is 5.42. The van der Waals surface area contributed by atoms with Crippen LogP contribution >= 0.6 is 23.2 Å². The Morgan fingerprint density at radius 3 is 2.15 bits per heavy atom. The molecule has 1 fully saturated rings. The van der Waals surface area contributed by atoms with Crippen LogP contribution in [0, 0.1) is 0 Å². The lowest BCUT2D eigenvalue weighted by atomic mass is 9.91. The van der Waals surface area contributed by atoms with Gasteiger partial charge in [-0.3, -0.25) is 4.79 Å². The van der Waals surface area contributed by atoms with Crippen molar-refractivity contribution in [2.75, 3.05) is 4.90 Å². The zero-order chi connectivity index (χ0) is 24.0. The van der Waals surface area contributed by atoms with Gasteiger partial charge in [-0.05, 0) is 47.9 Å². The van der Waals surface area contributed by atoms with Crippen molar-refractivity contribution in [3.8, 4) is 11.1 Å². The number of carbonyl (C=O) groups excluding carboxylic acids is 2. The van der Waals surface area contributed by atoms with E-state index < -0.39 is 29.2 Å². The highest BCUT2D eigenvalue weighted by atomic mass is 35.5. The van der Waals surface area contributed by atoms with Gasteiger partial charge in [0.2, 0.25) is 0 Å². The number of amides is 3. The van der Waals surface area contributed by atoms with E-state index in [9.17, 15) is 22.8 Å². The Balaban J connectivity index is 1.59. The molecule has 4 rings (SSSR count). The first-order chi connectivity index (χ1) is 15.5. The molecule has 3 amide bonds. The number of rotatable bonds is 4. The number of urea groups is 1. The molecule has 1 saturated heterocycles. The largest absolute Gasteiger partial charge is 0.417 e. The highest BCUT2D eigenvalue weighted by molar-refractivity contribution is 6.35. The van der Waals surface area contributed by atoms with Gasteiger partial charge in [-0.2, -0.15) is 13.2 Å². The fraction of sp³-hybridized carbons (Fsp3) is 0.167. The molecule has 1 aliphatic heterocycles. The number of hydrogen-bond acceptors (Lipinski definition) is 2. The molecule has 4 nitrogen and oxygen atoms in total. The van der Waals surface area contributed by atoms with E-state index in [0.717, 1.165) is 11.0 Å². The van der Waals surface area contributed by atoms with Crippen molar-refractivity contribution in [1.82, 2.24) is 5.32 Å². The normalized spacial score (nSPS) is 18.5. The molecule has 0 aromatic heterocycles.